The van der Waals surface area contributed by atoms with Gasteiger partial charge in [-0.3, -0.25) is 4.79 Å². The van der Waals surface area contributed by atoms with Crippen LogP contribution in [0.3, 0.4) is 0 Å². The summed E-state index contributed by atoms with van der Waals surface area (Å²) in [5, 5.41) is 0.192. The summed E-state index contributed by atoms with van der Waals surface area (Å²) in [6.07, 6.45) is 6.99. The van der Waals surface area contributed by atoms with Crippen LogP contribution in [0, 0.1) is 5.92 Å². The van der Waals surface area contributed by atoms with Gasteiger partial charge in [-0.25, -0.2) is 0 Å². The van der Waals surface area contributed by atoms with Crippen LogP contribution in [-0.2, 0) is 9.22 Å². The van der Waals surface area contributed by atoms with Gasteiger partial charge in [0.1, 0.15) is 5.78 Å². The molecule has 0 bridgehead atoms. The first-order valence-corrected chi connectivity index (χ1v) is 16.2. The smallest absolute Gasteiger partial charge is 0.250 e. The van der Waals surface area contributed by atoms with Crippen molar-refractivity contribution in [2.45, 2.75) is 103 Å². The molecule has 0 N–H and O–H groups in total. The average molecular weight is 369 g/mol. The van der Waals surface area contributed by atoms with E-state index in [1.807, 2.05) is 0 Å². The third-order valence-corrected chi connectivity index (χ3v) is 12.9. The van der Waals surface area contributed by atoms with Crippen molar-refractivity contribution in [2.75, 3.05) is 0 Å². The first kappa shape index (κ1) is 21.7. The van der Waals surface area contributed by atoms with Crippen molar-refractivity contribution in [1.82, 2.24) is 0 Å². The quantitative estimate of drug-likeness (QED) is 0.500. The summed E-state index contributed by atoms with van der Waals surface area (Å²) in [5.74, 6) is 2.05. The second-order valence-corrected chi connectivity index (χ2v) is 20.3. The van der Waals surface area contributed by atoms with Crippen molar-refractivity contribution >= 4 is 22.2 Å². The zero-order valence-corrected chi connectivity index (χ0v) is 19.6. The molecule has 1 rings (SSSR count). The van der Waals surface area contributed by atoms with Gasteiger partial charge in [0, 0.05) is 19.3 Å². The molecule has 0 aromatic rings. The first-order chi connectivity index (χ1) is 10.8. The Morgan fingerprint density at radius 1 is 1.12 bits per heavy atom. The summed E-state index contributed by atoms with van der Waals surface area (Å²) < 4.78 is 6.65. The predicted octanol–water partition coefficient (Wildman–Crippen LogP) is 6.77. The third-order valence-electron chi connectivity index (χ3n) is 5.87. The minimum atomic E-state index is -1.85. The largest absolute Gasteiger partial charge is 0.547 e. The van der Waals surface area contributed by atoms with Crippen molar-refractivity contribution in [2.24, 2.45) is 5.92 Å². The van der Waals surface area contributed by atoms with Crippen LogP contribution in [0.2, 0.25) is 43.3 Å². The van der Waals surface area contributed by atoms with E-state index in [9.17, 15) is 4.79 Å². The summed E-state index contributed by atoms with van der Waals surface area (Å²) in [5.41, 5.74) is 0.543. The second kappa shape index (κ2) is 7.90. The normalized spacial score (nSPS) is 26.4. The van der Waals surface area contributed by atoms with Crippen LogP contribution >= 0.6 is 0 Å². The van der Waals surface area contributed by atoms with Gasteiger partial charge in [-0.2, -0.15) is 0 Å². The molecule has 1 aliphatic carbocycles. The van der Waals surface area contributed by atoms with Gasteiger partial charge in [-0.05, 0) is 42.1 Å². The van der Waals surface area contributed by atoms with Crippen LogP contribution < -0.4 is 0 Å². The van der Waals surface area contributed by atoms with Crippen molar-refractivity contribution in [3.8, 4) is 0 Å². The van der Waals surface area contributed by atoms with E-state index in [-0.39, 0.29) is 5.04 Å². The number of carbonyl (C=O) groups is 1. The lowest BCUT2D eigenvalue weighted by molar-refractivity contribution is -0.120. The van der Waals surface area contributed by atoms with Gasteiger partial charge < -0.3 is 4.43 Å². The maximum atomic E-state index is 12.4. The van der Waals surface area contributed by atoms with Crippen LogP contribution in [0.4, 0.5) is 0 Å². The van der Waals surface area contributed by atoms with Gasteiger partial charge in [0.15, 0.2) is 0 Å². The maximum Gasteiger partial charge on any atom is 0.250 e. The molecular formula is C20H40O2Si2. The highest BCUT2D eigenvalue weighted by Gasteiger charge is 2.41. The van der Waals surface area contributed by atoms with Crippen LogP contribution in [0.1, 0.15) is 59.8 Å². The molecular weight excluding hydrogens is 328 g/mol. The van der Waals surface area contributed by atoms with Crippen molar-refractivity contribution in [3.05, 3.63) is 11.8 Å². The highest BCUT2D eigenvalue weighted by molar-refractivity contribution is 6.78. The molecule has 140 valence electrons. The van der Waals surface area contributed by atoms with E-state index in [0.29, 0.717) is 23.7 Å². The van der Waals surface area contributed by atoms with Gasteiger partial charge in [-0.1, -0.05) is 53.8 Å². The Bertz CT molecular complexity index is 467. The molecule has 0 spiro atoms. The standard InChI is InChI=1S/C20H40O2Si2/c1-10-11-16-14-17(21)12-13-18(15-19(16)23(5,6)7)22-24(8,9)20(2,3)4/h15-16,19H,10-14H2,1-9H3/b18-15+/t16-,19+/m1/s1. The lowest BCUT2D eigenvalue weighted by Gasteiger charge is -2.40. The maximum absolute atomic E-state index is 12.4. The monoisotopic (exact) mass is 368 g/mol. The Labute approximate surface area is 152 Å². The van der Waals surface area contributed by atoms with Gasteiger partial charge in [0.2, 0.25) is 8.32 Å². The number of Topliss-reactive ketones (excluding diaryl/α,β-unsaturated/α-hetero) is 1. The summed E-state index contributed by atoms with van der Waals surface area (Å²) in [6, 6.07) is 0. The molecule has 0 saturated carbocycles. The van der Waals surface area contributed by atoms with Crippen LogP contribution in [0.5, 0.6) is 0 Å². The van der Waals surface area contributed by atoms with Gasteiger partial charge in [0.25, 0.3) is 0 Å². The van der Waals surface area contributed by atoms with E-state index in [1.54, 1.807) is 0 Å². The molecule has 0 heterocycles. The average Bonchev–Trinajstić information content (AvgIpc) is 2.36. The fourth-order valence-electron chi connectivity index (χ4n) is 3.38. The molecule has 0 aromatic carbocycles. The van der Waals surface area contributed by atoms with E-state index in [2.05, 4.69) is 66.5 Å². The summed E-state index contributed by atoms with van der Waals surface area (Å²) >= 11 is 0. The molecule has 4 heteroatoms. The molecule has 0 fully saturated rings. The predicted molar refractivity (Wildman–Crippen MR) is 111 cm³/mol. The Kier molecular flexibility index (Phi) is 7.14. The van der Waals surface area contributed by atoms with Crippen molar-refractivity contribution < 1.29 is 9.22 Å². The molecule has 24 heavy (non-hydrogen) atoms. The number of carbonyl (C=O) groups excluding carboxylic acids is 1. The van der Waals surface area contributed by atoms with Crippen LogP contribution in [0.25, 0.3) is 0 Å². The topological polar surface area (TPSA) is 26.3 Å². The summed E-state index contributed by atoms with van der Waals surface area (Å²) in [6.45, 7) is 21.0. The first-order valence-electron chi connectivity index (χ1n) is 9.69. The number of ketones is 1. The highest BCUT2D eigenvalue weighted by Crippen LogP contribution is 2.43. The van der Waals surface area contributed by atoms with Gasteiger partial charge in [-0.15, -0.1) is 0 Å². The molecule has 0 aliphatic heterocycles. The number of rotatable bonds is 5. The molecule has 2 nitrogen and oxygen atoms in total. The molecule has 1 aliphatic rings. The van der Waals surface area contributed by atoms with Crippen molar-refractivity contribution in [1.29, 1.82) is 0 Å². The molecule has 0 radical (unpaired) electrons. The zero-order chi connectivity index (χ0) is 18.8. The fourth-order valence-corrected chi connectivity index (χ4v) is 6.90. The molecule has 0 amide bonds. The fraction of sp³-hybridized carbons (Fsp3) is 0.850. The van der Waals surface area contributed by atoms with E-state index >= 15 is 0 Å². The minimum absolute atomic E-state index is 0.192. The number of hydrogen-bond donors (Lipinski definition) is 0. The van der Waals surface area contributed by atoms with E-state index < -0.39 is 16.4 Å². The summed E-state index contributed by atoms with van der Waals surface area (Å²) in [7, 11) is -3.24. The minimum Gasteiger partial charge on any atom is -0.547 e. The Balaban J connectivity index is 3.21. The molecule has 0 saturated heterocycles. The zero-order valence-electron chi connectivity index (χ0n) is 17.6. The Hall–Kier alpha value is -0.356. The molecule has 0 unspecified atom stereocenters. The number of allylic oxidation sites excluding steroid dienone is 2. The summed E-state index contributed by atoms with van der Waals surface area (Å²) in [4.78, 5) is 12.4. The van der Waals surface area contributed by atoms with Crippen molar-refractivity contribution in [3.63, 3.8) is 0 Å². The van der Waals surface area contributed by atoms with E-state index in [4.69, 9.17) is 4.43 Å². The van der Waals surface area contributed by atoms with Crippen LogP contribution in [0.15, 0.2) is 11.8 Å². The number of hydrogen-bond acceptors (Lipinski definition) is 2. The van der Waals surface area contributed by atoms with Gasteiger partial charge in [0.05, 0.1) is 13.8 Å². The highest BCUT2D eigenvalue weighted by atomic mass is 28.4. The SMILES string of the molecule is CCC[C@@H]1CC(=O)CC/C(O[Si](C)(C)C(C)(C)C)=C\[C@@H]1[Si](C)(C)C. The molecule has 2 atom stereocenters. The van der Waals surface area contributed by atoms with Gasteiger partial charge >= 0.3 is 0 Å². The lowest BCUT2D eigenvalue weighted by atomic mass is 9.89. The molecule has 0 aromatic heterocycles. The van der Waals surface area contributed by atoms with Crippen LogP contribution in [-0.4, -0.2) is 22.2 Å². The third kappa shape index (κ3) is 5.87. The lowest BCUT2D eigenvalue weighted by Crippen LogP contribution is -2.41. The second-order valence-electron chi connectivity index (χ2n) is 10.2. The van der Waals surface area contributed by atoms with E-state index in [1.165, 1.54) is 0 Å². The Morgan fingerprint density at radius 3 is 2.17 bits per heavy atom. The Morgan fingerprint density at radius 2 is 1.71 bits per heavy atom. The van der Waals surface area contributed by atoms with E-state index in [0.717, 1.165) is 31.4 Å².